The summed E-state index contributed by atoms with van der Waals surface area (Å²) in [6.07, 6.45) is 2.10. The van der Waals surface area contributed by atoms with Gasteiger partial charge < -0.3 is 14.8 Å². The van der Waals surface area contributed by atoms with Crippen LogP contribution in [0.4, 0.5) is 4.39 Å². The maximum atomic E-state index is 14.2. The van der Waals surface area contributed by atoms with Crippen LogP contribution in [0, 0.1) is 11.7 Å². The van der Waals surface area contributed by atoms with Crippen molar-refractivity contribution in [3.05, 3.63) is 76.0 Å². The molecule has 4 rings (SSSR count). The molecular weight excluding hydrogens is 389 g/mol. The smallest absolute Gasteiger partial charge is 0.265 e. The number of carbonyl (C=O) groups is 2. The topological polar surface area (TPSA) is 95.3 Å². The second-order valence-electron chi connectivity index (χ2n) is 7.34. The number of aromatic nitrogens is 2. The van der Waals surface area contributed by atoms with Gasteiger partial charge in [-0.2, -0.15) is 0 Å². The molecule has 0 bridgehead atoms. The molecule has 0 saturated carbocycles. The van der Waals surface area contributed by atoms with Crippen molar-refractivity contribution in [3.8, 4) is 0 Å². The standard InChI is InChI=1S/C22H20FN3O4/c23-18-6-2-1-4-16(18)13-26-19-15(5-3-9-24-19)12-17(21(26)28)20(27)25-10-7-14(8-11-25)22(29)30/h1-6,9,12,14H,7-8,10-11,13H2,(H,29,30)/p-1. The number of piperidine rings is 1. The second kappa shape index (κ2) is 8.06. The number of nitrogens with zero attached hydrogens (tertiary/aromatic N) is 3. The fourth-order valence-electron chi connectivity index (χ4n) is 3.79. The summed E-state index contributed by atoms with van der Waals surface area (Å²) in [6, 6.07) is 11.1. The number of aliphatic carboxylic acids is 1. The molecule has 0 aliphatic carbocycles. The van der Waals surface area contributed by atoms with Gasteiger partial charge in [0.15, 0.2) is 0 Å². The van der Waals surface area contributed by atoms with Crippen LogP contribution in [-0.2, 0) is 11.3 Å². The van der Waals surface area contributed by atoms with Crippen molar-refractivity contribution in [3.63, 3.8) is 0 Å². The summed E-state index contributed by atoms with van der Waals surface area (Å²) in [7, 11) is 0. The van der Waals surface area contributed by atoms with E-state index in [1.807, 2.05) is 0 Å². The average molecular weight is 408 g/mol. The van der Waals surface area contributed by atoms with Crippen molar-refractivity contribution in [2.45, 2.75) is 19.4 Å². The van der Waals surface area contributed by atoms with Gasteiger partial charge in [-0.15, -0.1) is 0 Å². The molecule has 1 aromatic carbocycles. The Morgan fingerprint density at radius 3 is 2.57 bits per heavy atom. The van der Waals surface area contributed by atoms with E-state index in [1.165, 1.54) is 27.8 Å². The second-order valence-corrected chi connectivity index (χ2v) is 7.34. The zero-order valence-electron chi connectivity index (χ0n) is 16.1. The molecule has 7 nitrogen and oxygen atoms in total. The molecule has 1 aliphatic heterocycles. The van der Waals surface area contributed by atoms with Crippen molar-refractivity contribution in [1.29, 1.82) is 0 Å². The first-order valence-electron chi connectivity index (χ1n) is 9.68. The van der Waals surface area contributed by atoms with Crippen LogP contribution in [0.3, 0.4) is 0 Å². The fraction of sp³-hybridized carbons (Fsp3) is 0.273. The predicted molar refractivity (Wildman–Crippen MR) is 105 cm³/mol. The van der Waals surface area contributed by atoms with E-state index in [4.69, 9.17) is 0 Å². The van der Waals surface area contributed by atoms with Gasteiger partial charge in [0.05, 0.1) is 6.54 Å². The minimum atomic E-state index is -1.12. The highest BCUT2D eigenvalue weighted by atomic mass is 19.1. The summed E-state index contributed by atoms with van der Waals surface area (Å²) in [6.45, 7) is 0.400. The molecule has 0 radical (unpaired) electrons. The Bertz CT molecular complexity index is 1180. The Morgan fingerprint density at radius 1 is 1.13 bits per heavy atom. The van der Waals surface area contributed by atoms with Crippen molar-refractivity contribution >= 4 is 22.9 Å². The Balaban J connectivity index is 1.73. The molecule has 1 saturated heterocycles. The summed E-state index contributed by atoms with van der Waals surface area (Å²) in [5.41, 5.74) is 0.0686. The Kier molecular flexibility index (Phi) is 5.31. The van der Waals surface area contributed by atoms with Crippen LogP contribution in [0.1, 0.15) is 28.8 Å². The lowest BCUT2D eigenvalue weighted by Crippen LogP contribution is -2.45. The largest absolute Gasteiger partial charge is 0.550 e. The third kappa shape index (κ3) is 3.68. The molecule has 30 heavy (non-hydrogen) atoms. The zero-order valence-corrected chi connectivity index (χ0v) is 16.1. The van der Waals surface area contributed by atoms with Gasteiger partial charge >= 0.3 is 0 Å². The quantitative estimate of drug-likeness (QED) is 0.646. The van der Waals surface area contributed by atoms with Crippen LogP contribution in [0.2, 0.25) is 0 Å². The van der Waals surface area contributed by atoms with E-state index in [0.717, 1.165) is 0 Å². The molecule has 1 fully saturated rings. The number of carboxylic acids is 1. The molecule has 0 atom stereocenters. The van der Waals surface area contributed by atoms with Crippen molar-refractivity contribution in [2.75, 3.05) is 13.1 Å². The molecular formula is C22H19FN3O4-. The van der Waals surface area contributed by atoms with Crippen LogP contribution in [-0.4, -0.2) is 39.4 Å². The van der Waals surface area contributed by atoms with Crippen LogP contribution in [0.15, 0.2) is 53.5 Å². The Labute approximate surface area is 171 Å². The molecule has 8 heteroatoms. The summed E-state index contributed by atoms with van der Waals surface area (Å²) >= 11 is 0. The highest BCUT2D eigenvalue weighted by molar-refractivity contribution is 5.97. The van der Waals surface area contributed by atoms with Crippen LogP contribution in [0.25, 0.3) is 11.0 Å². The van der Waals surface area contributed by atoms with Gasteiger partial charge in [0.25, 0.3) is 11.5 Å². The van der Waals surface area contributed by atoms with Gasteiger partial charge in [-0.25, -0.2) is 9.37 Å². The number of halogens is 1. The number of hydrogen-bond donors (Lipinski definition) is 0. The van der Waals surface area contributed by atoms with Gasteiger partial charge in [0.1, 0.15) is 17.0 Å². The normalized spacial score (nSPS) is 14.8. The number of pyridine rings is 2. The lowest BCUT2D eigenvalue weighted by Gasteiger charge is -2.32. The first-order chi connectivity index (χ1) is 14.5. The first kappa shape index (κ1) is 19.8. The van der Waals surface area contributed by atoms with Gasteiger partial charge in [-0.1, -0.05) is 18.2 Å². The van der Waals surface area contributed by atoms with E-state index in [-0.39, 0.29) is 38.0 Å². The maximum absolute atomic E-state index is 14.2. The number of likely N-dealkylation sites (tertiary alicyclic amines) is 1. The average Bonchev–Trinajstić information content (AvgIpc) is 2.76. The number of hydrogen-bond acceptors (Lipinski definition) is 5. The molecule has 3 heterocycles. The van der Waals surface area contributed by atoms with E-state index >= 15 is 0 Å². The van der Waals surface area contributed by atoms with Crippen molar-refractivity contribution in [2.24, 2.45) is 5.92 Å². The van der Waals surface area contributed by atoms with E-state index < -0.39 is 29.2 Å². The number of rotatable bonds is 4. The maximum Gasteiger partial charge on any atom is 0.265 e. The highest BCUT2D eigenvalue weighted by Crippen LogP contribution is 2.20. The number of carbonyl (C=O) groups excluding carboxylic acids is 2. The molecule has 1 amide bonds. The van der Waals surface area contributed by atoms with Crippen molar-refractivity contribution < 1.29 is 19.1 Å². The molecule has 1 aliphatic rings. The summed E-state index contributed by atoms with van der Waals surface area (Å²) < 4.78 is 15.5. The highest BCUT2D eigenvalue weighted by Gasteiger charge is 2.27. The minimum Gasteiger partial charge on any atom is -0.550 e. The van der Waals surface area contributed by atoms with Crippen molar-refractivity contribution in [1.82, 2.24) is 14.5 Å². The Morgan fingerprint density at radius 2 is 1.87 bits per heavy atom. The van der Waals surface area contributed by atoms with Gasteiger partial charge in [0, 0.05) is 42.1 Å². The van der Waals surface area contributed by atoms with E-state index in [2.05, 4.69) is 4.98 Å². The SMILES string of the molecule is O=C([O-])C1CCN(C(=O)c2cc3cccnc3n(Cc3ccccc3F)c2=O)CC1. The number of fused-ring (bicyclic) bond motifs is 1. The van der Waals surface area contributed by atoms with Crippen LogP contribution in [0.5, 0.6) is 0 Å². The summed E-state index contributed by atoms with van der Waals surface area (Å²) in [5.74, 6) is -2.63. The number of benzene rings is 1. The molecule has 3 aromatic rings. The number of amides is 1. The molecule has 2 aromatic heterocycles. The third-order valence-corrected chi connectivity index (χ3v) is 5.48. The van der Waals surface area contributed by atoms with E-state index in [0.29, 0.717) is 16.6 Å². The fourth-order valence-corrected chi connectivity index (χ4v) is 3.79. The van der Waals surface area contributed by atoms with Gasteiger partial charge in [-0.3, -0.25) is 14.2 Å². The molecule has 0 N–H and O–H groups in total. The van der Waals surface area contributed by atoms with Gasteiger partial charge in [-0.05, 0) is 37.1 Å². The van der Waals surface area contributed by atoms with E-state index in [1.54, 1.807) is 30.3 Å². The number of carboxylic acid groups (broad SMARTS) is 1. The summed E-state index contributed by atoms with van der Waals surface area (Å²) in [4.78, 5) is 43.0. The van der Waals surface area contributed by atoms with Crippen LogP contribution < -0.4 is 10.7 Å². The summed E-state index contributed by atoms with van der Waals surface area (Å²) in [5, 5.41) is 11.6. The zero-order chi connectivity index (χ0) is 21.3. The first-order valence-corrected chi connectivity index (χ1v) is 9.68. The lowest BCUT2D eigenvalue weighted by molar-refractivity contribution is -0.312. The Hall–Kier alpha value is -3.55. The van der Waals surface area contributed by atoms with Gasteiger partial charge in [0.2, 0.25) is 0 Å². The minimum absolute atomic E-state index is 0.0428. The third-order valence-electron chi connectivity index (χ3n) is 5.48. The monoisotopic (exact) mass is 408 g/mol. The lowest BCUT2D eigenvalue weighted by atomic mass is 9.96. The molecule has 0 unspecified atom stereocenters. The molecule has 154 valence electrons. The predicted octanol–water partition coefficient (Wildman–Crippen LogP) is 1.19. The molecule has 0 spiro atoms. The van der Waals surface area contributed by atoms with E-state index in [9.17, 15) is 23.9 Å². The van der Waals surface area contributed by atoms with Crippen LogP contribution >= 0.6 is 0 Å².